The maximum absolute atomic E-state index is 2.43. The van der Waals surface area contributed by atoms with Crippen LogP contribution in [0.25, 0.3) is 0 Å². The summed E-state index contributed by atoms with van der Waals surface area (Å²) >= 11 is 0. The number of rotatable bonds is 10. The van der Waals surface area contributed by atoms with Gasteiger partial charge in [0.05, 0.1) is 0 Å². The predicted molar refractivity (Wildman–Crippen MR) is 148 cm³/mol. The second-order valence-electron chi connectivity index (χ2n) is 11.6. The molecule has 2 fully saturated rings. The van der Waals surface area contributed by atoms with Crippen LogP contribution in [0.1, 0.15) is 107 Å². The van der Waals surface area contributed by atoms with E-state index in [-0.39, 0.29) is 0 Å². The van der Waals surface area contributed by atoms with Crippen molar-refractivity contribution >= 4 is 0 Å². The average Bonchev–Trinajstić information content (AvgIpc) is 2.90. The second-order valence-corrected chi connectivity index (χ2v) is 11.6. The van der Waals surface area contributed by atoms with Gasteiger partial charge in [-0.15, -0.1) is 0 Å². The molecule has 0 spiro atoms. The minimum Gasteiger partial charge on any atom is -0.0917 e. The molecule has 2 saturated carbocycles. The Morgan fingerprint density at radius 3 is 1.85 bits per heavy atom. The maximum atomic E-state index is 2.43. The van der Waals surface area contributed by atoms with Gasteiger partial charge in [0.1, 0.15) is 0 Å². The van der Waals surface area contributed by atoms with E-state index in [9.17, 15) is 0 Å². The molecule has 0 saturated heterocycles. The van der Waals surface area contributed by atoms with Crippen molar-refractivity contribution in [3.05, 3.63) is 83.4 Å². The van der Waals surface area contributed by atoms with Gasteiger partial charge in [-0.2, -0.15) is 0 Å². The van der Waals surface area contributed by atoms with Gasteiger partial charge in [0.2, 0.25) is 0 Å². The molecule has 2 aliphatic rings. The van der Waals surface area contributed by atoms with Crippen LogP contribution in [0, 0.1) is 23.7 Å². The van der Waals surface area contributed by atoms with Gasteiger partial charge in [-0.25, -0.2) is 0 Å². The Balaban J connectivity index is 1.12. The van der Waals surface area contributed by atoms with Crippen molar-refractivity contribution in [2.75, 3.05) is 0 Å². The molecule has 0 radical (unpaired) electrons. The number of aryl methyl sites for hydroxylation is 2. The highest BCUT2D eigenvalue weighted by Crippen LogP contribution is 2.43. The van der Waals surface area contributed by atoms with E-state index in [1.807, 2.05) is 0 Å². The third kappa shape index (κ3) is 7.59. The van der Waals surface area contributed by atoms with Crippen LogP contribution in [0.15, 0.2) is 66.7 Å². The van der Waals surface area contributed by atoms with E-state index in [0.717, 1.165) is 30.1 Å². The lowest BCUT2D eigenvalue weighted by Gasteiger charge is -2.38. The van der Waals surface area contributed by atoms with Gasteiger partial charge in [-0.3, -0.25) is 0 Å². The zero-order chi connectivity index (χ0) is 23.6. The molecule has 0 aromatic heterocycles. The van der Waals surface area contributed by atoms with Crippen LogP contribution in [0.4, 0.5) is 0 Å². The lowest BCUT2D eigenvalue weighted by atomic mass is 9.67. The van der Waals surface area contributed by atoms with Crippen LogP contribution >= 0.6 is 0 Å². The highest BCUT2D eigenvalue weighted by molar-refractivity contribution is 5.23. The van der Waals surface area contributed by atoms with Crippen molar-refractivity contribution in [3.8, 4) is 0 Å². The van der Waals surface area contributed by atoms with Crippen LogP contribution in [0.5, 0.6) is 0 Å². The molecule has 34 heavy (non-hydrogen) atoms. The fourth-order valence-corrected chi connectivity index (χ4v) is 6.92. The van der Waals surface area contributed by atoms with Crippen LogP contribution < -0.4 is 0 Å². The number of allylic oxidation sites excluding steroid dienone is 2. The third-order valence-corrected chi connectivity index (χ3v) is 9.20. The number of hydrogen-bond acceptors (Lipinski definition) is 0. The largest absolute Gasteiger partial charge is 0.0917 e. The summed E-state index contributed by atoms with van der Waals surface area (Å²) in [4.78, 5) is 0. The lowest BCUT2D eigenvalue weighted by Crippen LogP contribution is -2.26. The molecule has 0 aliphatic heterocycles. The zero-order valence-electron chi connectivity index (χ0n) is 21.9. The highest BCUT2D eigenvalue weighted by Gasteiger charge is 2.31. The summed E-state index contributed by atoms with van der Waals surface area (Å²) in [6, 6.07) is 20.6. The fraction of sp³-hybridized carbons (Fsp3) is 0.588. The van der Waals surface area contributed by atoms with E-state index >= 15 is 0 Å². The van der Waals surface area contributed by atoms with Crippen molar-refractivity contribution in [1.29, 1.82) is 0 Å². The van der Waals surface area contributed by atoms with E-state index in [1.54, 1.807) is 5.56 Å². The highest BCUT2D eigenvalue weighted by atomic mass is 14.4. The Hall–Kier alpha value is -1.82. The van der Waals surface area contributed by atoms with Crippen molar-refractivity contribution in [2.45, 2.75) is 103 Å². The molecule has 0 unspecified atom stereocenters. The second kappa shape index (κ2) is 13.3. The molecule has 4 rings (SSSR count). The number of hydrogen-bond donors (Lipinski definition) is 0. The summed E-state index contributed by atoms with van der Waals surface area (Å²) in [5, 5.41) is 0. The summed E-state index contributed by atoms with van der Waals surface area (Å²) in [7, 11) is 0. The first kappa shape index (κ1) is 25.3. The van der Waals surface area contributed by atoms with Crippen molar-refractivity contribution in [1.82, 2.24) is 0 Å². The summed E-state index contributed by atoms with van der Waals surface area (Å²) in [5.41, 5.74) is 4.55. The molecular weight excluding hydrogens is 408 g/mol. The first-order valence-electron chi connectivity index (χ1n) is 14.4. The molecule has 2 aromatic rings. The fourth-order valence-electron chi connectivity index (χ4n) is 6.92. The smallest absolute Gasteiger partial charge is 0.0188 e. The molecular formula is C34H48. The Morgan fingerprint density at radius 1 is 0.706 bits per heavy atom. The molecule has 184 valence electrons. The van der Waals surface area contributed by atoms with Gasteiger partial charge in [-0.1, -0.05) is 99.4 Å². The lowest BCUT2D eigenvalue weighted by molar-refractivity contribution is 0.139. The van der Waals surface area contributed by atoms with E-state index in [1.165, 1.54) is 88.2 Å². The summed E-state index contributed by atoms with van der Waals surface area (Å²) in [6.07, 6.45) is 22.7. The molecule has 0 amide bonds. The Kier molecular flexibility index (Phi) is 9.90. The van der Waals surface area contributed by atoms with Gasteiger partial charge in [0.25, 0.3) is 0 Å². The molecule has 2 aromatic carbocycles. The average molecular weight is 457 g/mol. The normalized spacial score (nSPS) is 26.5. The summed E-state index contributed by atoms with van der Waals surface area (Å²) < 4.78 is 0. The predicted octanol–water partition coefficient (Wildman–Crippen LogP) is 9.93. The van der Waals surface area contributed by atoms with E-state index in [0.29, 0.717) is 5.92 Å². The Labute approximate surface area is 210 Å². The monoisotopic (exact) mass is 456 g/mol. The standard InChI is InChI=1S/C34H48/c1-3-4-6-9-28-12-14-29(15-13-28)16-17-30-18-22-33(23-19-30)34-24-20-31(21-25-34)26-27(2)32-10-7-5-8-11-32/h3-5,7-8,10-15,27,30-31,33-34H,6,9,16-26H2,1-2H3/b4-3+/t27-,30?,31?,33?,34?/m1/s1. The minimum absolute atomic E-state index is 0.715. The van der Waals surface area contributed by atoms with E-state index in [2.05, 4.69) is 80.6 Å². The van der Waals surface area contributed by atoms with Gasteiger partial charge >= 0.3 is 0 Å². The van der Waals surface area contributed by atoms with Crippen LogP contribution in [-0.4, -0.2) is 0 Å². The quantitative estimate of drug-likeness (QED) is 0.312. The Morgan fingerprint density at radius 2 is 1.26 bits per heavy atom. The van der Waals surface area contributed by atoms with Crippen molar-refractivity contribution in [2.24, 2.45) is 23.7 Å². The molecule has 0 heterocycles. The van der Waals surface area contributed by atoms with Crippen molar-refractivity contribution in [3.63, 3.8) is 0 Å². The van der Waals surface area contributed by atoms with Gasteiger partial charge in [0, 0.05) is 0 Å². The van der Waals surface area contributed by atoms with Gasteiger partial charge in [0.15, 0.2) is 0 Å². The minimum atomic E-state index is 0.715. The van der Waals surface area contributed by atoms with Gasteiger partial charge < -0.3 is 0 Å². The summed E-state index contributed by atoms with van der Waals surface area (Å²) in [5.74, 6) is 4.69. The van der Waals surface area contributed by atoms with Crippen molar-refractivity contribution < 1.29 is 0 Å². The molecule has 1 atom stereocenters. The third-order valence-electron chi connectivity index (χ3n) is 9.20. The van der Waals surface area contributed by atoms with Crippen LogP contribution in [0.2, 0.25) is 0 Å². The summed E-state index contributed by atoms with van der Waals surface area (Å²) in [6.45, 7) is 4.54. The molecule has 2 aliphatic carbocycles. The number of benzene rings is 2. The maximum Gasteiger partial charge on any atom is -0.0188 e. The van der Waals surface area contributed by atoms with Gasteiger partial charge in [-0.05, 0) is 111 Å². The van der Waals surface area contributed by atoms with Crippen LogP contribution in [0.3, 0.4) is 0 Å². The van der Waals surface area contributed by atoms with E-state index < -0.39 is 0 Å². The molecule has 0 bridgehead atoms. The van der Waals surface area contributed by atoms with E-state index in [4.69, 9.17) is 0 Å². The SMILES string of the molecule is C/C=C/CCc1ccc(CCC2CCC(C3CCC(C[C@@H](C)c4ccccc4)CC3)CC2)cc1. The Bertz CT molecular complexity index is 829. The first-order chi connectivity index (χ1) is 16.7. The molecule has 0 N–H and O–H groups in total. The molecule has 0 heteroatoms. The first-order valence-corrected chi connectivity index (χ1v) is 14.4. The topological polar surface area (TPSA) is 0 Å². The molecule has 0 nitrogen and oxygen atoms in total. The zero-order valence-corrected chi connectivity index (χ0v) is 21.9. The van der Waals surface area contributed by atoms with Crippen LogP contribution in [-0.2, 0) is 12.8 Å².